The van der Waals surface area contributed by atoms with Crippen LogP contribution < -0.4 is 5.32 Å². The van der Waals surface area contributed by atoms with E-state index in [2.05, 4.69) is 45.1 Å². The van der Waals surface area contributed by atoms with Gasteiger partial charge in [0.05, 0.1) is 12.2 Å². The number of carbonyl (C=O) groups is 1. The number of aliphatic hydroxyl groups is 2. The third-order valence-electron chi connectivity index (χ3n) is 11.4. The number of hydrogen-bond donors (Lipinski definition) is 3. The Labute approximate surface area is 208 Å². The summed E-state index contributed by atoms with van der Waals surface area (Å²) in [5.74, 6) is 3.72. The van der Waals surface area contributed by atoms with Crippen molar-refractivity contribution in [1.29, 1.82) is 0 Å². The number of amides is 1. The highest BCUT2D eigenvalue weighted by atomic mass is 16.3. The maximum atomic E-state index is 12.4. The number of hydrogen-bond acceptors (Lipinski definition) is 4. The van der Waals surface area contributed by atoms with Crippen molar-refractivity contribution in [3.8, 4) is 0 Å². The molecule has 0 heterocycles. The van der Waals surface area contributed by atoms with Crippen LogP contribution in [-0.2, 0) is 4.79 Å². The Hall–Kier alpha value is -0.650. The molecule has 0 saturated heterocycles. The number of nitrogens with one attached hydrogen (secondary N) is 1. The Balaban J connectivity index is 1.37. The van der Waals surface area contributed by atoms with E-state index in [1.54, 1.807) is 0 Å². The minimum atomic E-state index is -0.240. The van der Waals surface area contributed by atoms with Gasteiger partial charge in [-0.25, -0.2) is 0 Å². The maximum Gasteiger partial charge on any atom is 0.220 e. The summed E-state index contributed by atoms with van der Waals surface area (Å²) >= 11 is 0. The fourth-order valence-corrected chi connectivity index (χ4v) is 9.43. The van der Waals surface area contributed by atoms with E-state index in [0.717, 1.165) is 57.5 Å². The molecule has 0 aromatic heterocycles. The highest BCUT2D eigenvalue weighted by Gasteiger charge is 2.63. The SMILES string of the molecule is C[C@H](CCC(=O)NCCCN(C)C)C1CC[C@H]2[C@@H]3CC[C@@H]4C[C@H](O)CC[C@]4(C)[C@H]3C[C@H](O)[C@]12C. The van der Waals surface area contributed by atoms with Gasteiger partial charge in [-0.2, -0.15) is 0 Å². The second-order valence-electron chi connectivity index (χ2n) is 13.4. The van der Waals surface area contributed by atoms with Crippen LogP contribution in [0.5, 0.6) is 0 Å². The van der Waals surface area contributed by atoms with Crippen molar-refractivity contribution in [2.24, 2.45) is 46.3 Å². The third kappa shape index (κ3) is 4.83. The fraction of sp³-hybridized carbons (Fsp3) is 0.966. The second-order valence-corrected chi connectivity index (χ2v) is 13.4. The first-order valence-electron chi connectivity index (χ1n) is 14.3. The number of rotatable bonds is 8. The van der Waals surface area contributed by atoms with Crippen molar-refractivity contribution in [2.45, 2.75) is 104 Å². The van der Waals surface area contributed by atoms with Crippen molar-refractivity contribution >= 4 is 5.91 Å². The Kier molecular flexibility index (Phi) is 8.06. The molecule has 3 N–H and O–H groups in total. The van der Waals surface area contributed by atoms with Crippen LogP contribution in [0.3, 0.4) is 0 Å². The molecule has 10 atom stereocenters. The molecule has 5 heteroatoms. The van der Waals surface area contributed by atoms with Crippen LogP contribution >= 0.6 is 0 Å². The van der Waals surface area contributed by atoms with Crippen LogP contribution in [0.1, 0.15) is 91.4 Å². The van der Waals surface area contributed by atoms with Crippen molar-refractivity contribution in [3.05, 3.63) is 0 Å². The Morgan fingerprint density at radius 2 is 1.82 bits per heavy atom. The Bertz CT molecular complexity index is 713. The second kappa shape index (κ2) is 10.4. The molecule has 0 aromatic carbocycles. The van der Waals surface area contributed by atoms with Crippen molar-refractivity contribution in [1.82, 2.24) is 10.2 Å². The Morgan fingerprint density at radius 3 is 2.56 bits per heavy atom. The summed E-state index contributed by atoms with van der Waals surface area (Å²) < 4.78 is 0. The van der Waals surface area contributed by atoms with Crippen LogP contribution in [-0.4, -0.2) is 60.4 Å². The molecule has 0 bridgehead atoms. The lowest BCUT2D eigenvalue weighted by Gasteiger charge is -2.62. The summed E-state index contributed by atoms with van der Waals surface area (Å²) in [7, 11) is 4.12. The lowest BCUT2D eigenvalue weighted by atomic mass is 9.43. The van der Waals surface area contributed by atoms with E-state index in [0.29, 0.717) is 41.4 Å². The van der Waals surface area contributed by atoms with E-state index in [9.17, 15) is 15.0 Å². The largest absolute Gasteiger partial charge is 0.393 e. The number of nitrogens with zero attached hydrogens (tertiary/aromatic N) is 1. The predicted octanol–water partition coefficient (Wildman–Crippen LogP) is 4.46. The van der Waals surface area contributed by atoms with Gasteiger partial charge < -0.3 is 20.4 Å². The molecule has 4 aliphatic carbocycles. The zero-order chi connectivity index (χ0) is 24.7. The first-order chi connectivity index (χ1) is 16.1. The molecule has 4 rings (SSSR count). The minimum Gasteiger partial charge on any atom is -0.393 e. The summed E-state index contributed by atoms with van der Waals surface area (Å²) in [6.07, 6.45) is 11.1. The zero-order valence-electron chi connectivity index (χ0n) is 22.6. The van der Waals surface area contributed by atoms with Crippen molar-refractivity contribution in [3.63, 3.8) is 0 Å². The van der Waals surface area contributed by atoms with E-state index in [4.69, 9.17) is 0 Å². The van der Waals surface area contributed by atoms with Gasteiger partial charge in [0.25, 0.3) is 0 Å². The van der Waals surface area contributed by atoms with Crippen LogP contribution in [0, 0.1) is 46.3 Å². The smallest absolute Gasteiger partial charge is 0.220 e. The molecule has 4 saturated carbocycles. The highest BCUT2D eigenvalue weighted by molar-refractivity contribution is 5.75. The number of carbonyl (C=O) groups excluding carboxylic acids is 1. The summed E-state index contributed by atoms with van der Waals surface area (Å²) in [6, 6.07) is 0. The van der Waals surface area contributed by atoms with E-state index in [1.807, 2.05) is 0 Å². The average Bonchev–Trinajstić information content (AvgIpc) is 3.15. The van der Waals surface area contributed by atoms with Gasteiger partial charge in [0, 0.05) is 13.0 Å². The highest BCUT2D eigenvalue weighted by Crippen LogP contribution is 2.68. The average molecular weight is 477 g/mol. The molecular formula is C29H52N2O3. The molecule has 196 valence electrons. The van der Waals surface area contributed by atoms with E-state index in [1.165, 1.54) is 25.7 Å². The first-order valence-corrected chi connectivity index (χ1v) is 14.3. The van der Waals surface area contributed by atoms with Gasteiger partial charge in [-0.3, -0.25) is 4.79 Å². The molecular weight excluding hydrogens is 424 g/mol. The molecule has 1 unspecified atom stereocenters. The summed E-state index contributed by atoms with van der Waals surface area (Å²) in [6.45, 7) is 8.97. The minimum absolute atomic E-state index is 0.0137. The quantitative estimate of drug-likeness (QED) is 0.452. The van der Waals surface area contributed by atoms with Gasteiger partial charge in [-0.15, -0.1) is 0 Å². The summed E-state index contributed by atoms with van der Waals surface area (Å²) in [5.41, 5.74) is 0.277. The first kappa shape index (κ1) is 26.4. The Morgan fingerprint density at radius 1 is 1.06 bits per heavy atom. The molecule has 5 nitrogen and oxygen atoms in total. The predicted molar refractivity (Wildman–Crippen MR) is 137 cm³/mol. The van der Waals surface area contributed by atoms with E-state index in [-0.39, 0.29) is 23.5 Å². The van der Waals surface area contributed by atoms with Crippen LogP contribution in [0.2, 0.25) is 0 Å². The normalized spacial score (nSPS) is 44.8. The fourth-order valence-electron chi connectivity index (χ4n) is 9.43. The van der Waals surface area contributed by atoms with Crippen molar-refractivity contribution < 1.29 is 15.0 Å². The molecule has 4 fully saturated rings. The molecule has 0 aliphatic heterocycles. The topological polar surface area (TPSA) is 72.8 Å². The van der Waals surface area contributed by atoms with Crippen molar-refractivity contribution in [2.75, 3.05) is 27.2 Å². The number of fused-ring (bicyclic) bond motifs is 5. The lowest BCUT2D eigenvalue weighted by molar-refractivity contribution is -0.174. The van der Waals surface area contributed by atoms with E-state index < -0.39 is 0 Å². The van der Waals surface area contributed by atoms with Gasteiger partial charge in [0.1, 0.15) is 0 Å². The zero-order valence-corrected chi connectivity index (χ0v) is 22.6. The summed E-state index contributed by atoms with van der Waals surface area (Å²) in [5, 5.41) is 25.1. The lowest BCUT2D eigenvalue weighted by Crippen LogP contribution is -2.58. The van der Waals surface area contributed by atoms with Gasteiger partial charge >= 0.3 is 0 Å². The molecule has 0 aromatic rings. The summed E-state index contributed by atoms with van der Waals surface area (Å²) in [4.78, 5) is 14.6. The molecule has 0 spiro atoms. The molecule has 1 amide bonds. The number of aliphatic hydroxyl groups excluding tert-OH is 2. The van der Waals surface area contributed by atoms with Gasteiger partial charge in [0.2, 0.25) is 5.91 Å². The van der Waals surface area contributed by atoms with Gasteiger partial charge in [-0.05, 0) is 131 Å². The van der Waals surface area contributed by atoms with Crippen LogP contribution in [0.25, 0.3) is 0 Å². The van der Waals surface area contributed by atoms with Gasteiger partial charge in [0.15, 0.2) is 0 Å². The third-order valence-corrected chi connectivity index (χ3v) is 11.4. The van der Waals surface area contributed by atoms with E-state index >= 15 is 0 Å². The van der Waals surface area contributed by atoms with Crippen LogP contribution in [0.15, 0.2) is 0 Å². The van der Waals surface area contributed by atoms with Crippen LogP contribution in [0.4, 0.5) is 0 Å². The van der Waals surface area contributed by atoms with Gasteiger partial charge in [-0.1, -0.05) is 20.8 Å². The monoisotopic (exact) mass is 476 g/mol. The maximum absolute atomic E-state index is 12.4. The molecule has 34 heavy (non-hydrogen) atoms. The molecule has 0 radical (unpaired) electrons. The molecule has 4 aliphatic rings. The standard InChI is InChI=1S/C29H52N2O3/c1-19(7-12-27(34)30-15-6-16-31(4)5)23-10-11-24-22-9-8-20-17-21(32)13-14-28(20,2)25(22)18-26(33)29(23,24)3/h19-26,32-33H,6-18H2,1-5H3,(H,30,34)/t19-,20-,21-,22+,23?,24+,25+,26+,28+,29-/m1/s1.